The first kappa shape index (κ1) is 11.7. The summed E-state index contributed by atoms with van der Waals surface area (Å²) in [5.74, 6) is 0.217. The second kappa shape index (κ2) is 5.55. The van der Waals surface area contributed by atoms with Gasteiger partial charge in [0.05, 0.1) is 5.01 Å². The third-order valence-electron chi connectivity index (χ3n) is 2.87. The number of thiazole rings is 1. The quantitative estimate of drug-likeness (QED) is 0.785. The van der Waals surface area contributed by atoms with E-state index in [-0.39, 0.29) is 5.78 Å². The van der Waals surface area contributed by atoms with Gasteiger partial charge in [0, 0.05) is 30.5 Å². The molecule has 0 radical (unpaired) electrons. The van der Waals surface area contributed by atoms with Gasteiger partial charge in [0.15, 0.2) is 0 Å². The van der Waals surface area contributed by atoms with E-state index in [9.17, 15) is 4.79 Å². The van der Waals surface area contributed by atoms with Gasteiger partial charge in [-0.15, -0.1) is 11.3 Å². The average molecular weight is 238 g/mol. The summed E-state index contributed by atoms with van der Waals surface area (Å²) in [6.45, 7) is 5.23. The van der Waals surface area contributed by atoms with Crippen molar-refractivity contribution in [3.05, 3.63) is 16.1 Å². The molecular weight excluding hydrogens is 220 g/mol. The van der Waals surface area contributed by atoms with Crippen LogP contribution in [0.4, 0.5) is 0 Å². The van der Waals surface area contributed by atoms with Crippen molar-refractivity contribution < 1.29 is 4.79 Å². The molecule has 1 saturated heterocycles. The summed E-state index contributed by atoms with van der Waals surface area (Å²) in [4.78, 5) is 18.9. The maximum Gasteiger partial charge on any atom is 0.135 e. The predicted molar refractivity (Wildman–Crippen MR) is 65.9 cm³/mol. The number of rotatable bonds is 5. The van der Waals surface area contributed by atoms with Gasteiger partial charge in [-0.3, -0.25) is 4.79 Å². The molecular formula is C12H18N2OS. The normalized spacial score (nSPS) is 16.8. The standard InChI is InChI=1S/C12H18N2OS/c1-10(15)8-11-9-13-12(16-11)4-7-14-5-2-3-6-14/h9H,2-8H2,1H3. The lowest BCUT2D eigenvalue weighted by Crippen LogP contribution is -2.21. The van der Waals surface area contributed by atoms with Crippen molar-refractivity contribution in [2.75, 3.05) is 19.6 Å². The Morgan fingerprint density at radius 1 is 1.50 bits per heavy atom. The fourth-order valence-corrected chi connectivity index (χ4v) is 3.03. The number of nitrogens with zero attached hydrogens (tertiary/aromatic N) is 2. The summed E-state index contributed by atoms with van der Waals surface area (Å²) in [5, 5.41) is 1.17. The van der Waals surface area contributed by atoms with Crippen LogP contribution in [0.5, 0.6) is 0 Å². The van der Waals surface area contributed by atoms with E-state index in [4.69, 9.17) is 0 Å². The number of likely N-dealkylation sites (tertiary alicyclic amines) is 1. The summed E-state index contributed by atoms with van der Waals surface area (Å²) in [7, 11) is 0. The van der Waals surface area contributed by atoms with Crippen LogP contribution in [0.1, 0.15) is 29.7 Å². The van der Waals surface area contributed by atoms with E-state index in [2.05, 4.69) is 9.88 Å². The van der Waals surface area contributed by atoms with E-state index in [1.54, 1.807) is 18.3 Å². The Morgan fingerprint density at radius 3 is 2.94 bits per heavy atom. The Balaban J connectivity index is 1.80. The molecule has 1 aliphatic heterocycles. The third-order valence-corrected chi connectivity index (χ3v) is 3.92. The Labute approximate surface area is 100 Å². The van der Waals surface area contributed by atoms with Crippen molar-refractivity contribution in [2.45, 2.75) is 32.6 Å². The summed E-state index contributed by atoms with van der Waals surface area (Å²) in [6, 6.07) is 0. The molecule has 1 aliphatic rings. The van der Waals surface area contributed by atoms with E-state index in [0.29, 0.717) is 6.42 Å². The van der Waals surface area contributed by atoms with E-state index < -0.39 is 0 Å². The van der Waals surface area contributed by atoms with Gasteiger partial charge in [-0.05, 0) is 32.9 Å². The maximum atomic E-state index is 11.0. The first-order valence-corrected chi connectivity index (χ1v) is 6.71. The van der Waals surface area contributed by atoms with Crippen LogP contribution < -0.4 is 0 Å². The molecule has 3 nitrogen and oxygen atoms in total. The molecule has 0 aromatic carbocycles. The summed E-state index contributed by atoms with van der Waals surface area (Å²) in [6.07, 6.45) is 6.11. The van der Waals surface area contributed by atoms with Gasteiger partial charge in [0.2, 0.25) is 0 Å². The molecule has 4 heteroatoms. The van der Waals surface area contributed by atoms with Crippen molar-refractivity contribution >= 4 is 17.1 Å². The predicted octanol–water partition coefficient (Wildman–Crippen LogP) is 1.91. The molecule has 0 bridgehead atoms. The Morgan fingerprint density at radius 2 is 2.25 bits per heavy atom. The molecule has 1 fully saturated rings. The second-order valence-corrected chi connectivity index (χ2v) is 5.60. The largest absolute Gasteiger partial charge is 0.303 e. The number of aromatic nitrogens is 1. The van der Waals surface area contributed by atoms with Gasteiger partial charge < -0.3 is 4.90 Å². The van der Waals surface area contributed by atoms with Crippen LogP contribution >= 0.6 is 11.3 Å². The lowest BCUT2D eigenvalue weighted by Gasteiger charge is -2.12. The van der Waals surface area contributed by atoms with Gasteiger partial charge in [0.1, 0.15) is 5.78 Å². The smallest absolute Gasteiger partial charge is 0.135 e. The first-order chi connectivity index (χ1) is 7.74. The fraction of sp³-hybridized carbons (Fsp3) is 0.667. The minimum absolute atomic E-state index is 0.217. The van der Waals surface area contributed by atoms with Crippen LogP contribution in [-0.2, 0) is 17.6 Å². The number of carbonyl (C=O) groups is 1. The monoisotopic (exact) mass is 238 g/mol. The van der Waals surface area contributed by atoms with Crippen molar-refractivity contribution in [2.24, 2.45) is 0 Å². The lowest BCUT2D eigenvalue weighted by atomic mass is 10.3. The zero-order valence-electron chi connectivity index (χ0n) is 9.74. The average Bonchev–Trinajstić information content (AvgIpc) is 2.84. The van der Waals surface area contributed by atoms with Crippen molar-refractivity contribution in [3.8, 4) is 0 Å². The van der Waals surface area contributed by atoms with Crippen molar-refractivity contribution in [1.82, 2.24) is 9.88 Å². The first-order valence-electron chi connectivity index (χ1n) is 5.89. The zero-order valence-corrected chi connectivity index (χ0v) is 10.6. The van der Waals surface area contributed by atoms with Gasteiger partial charge >= 0.3 is 0 Å². The zero-order chi connectivity index (χ0) is 11.4. The van der Waals surface area contributed by atoms with Crippen molar-refractivity contribution in [3.63, 3.8) is 0 Å². The Bertz CT molecular complexity index is 356. The Kier molecular flexibility index (Phi) is 4.07. The summed E-state index contributed by atoms with van der Waals surface area (Å²) >= 11 is 1.69. The Hall–Kier alpha value is -0.740. The summed E-state index contributed by atoms with van der Waals surface area (Å²) in [5.41, 5.74) is 0. The lowest BCUT2D eigenvalue weighted by molar-refractivity contribution is -0.116. The van der Waals surface area contributed by atoms with Crippen LogP contribution in [-0.4, -0.2) is 35.3 Å². The molecule has 0 unspecified atom stereocenters. The molecule has 0 spiro atoms. The number of carbonyl (C=O) groups excluding carboxylic acids is 1. The highest BCUT2D eigenvalue weighted by molar-refractivity contribution is 7.11. The topological polar surface area (TPSA) is 33.2 Å². The number of Topliss-reactive ketones (excluding diaryl/α,β-unsaturated/α-hetero) is 1. The SMILES string of the molecule is CC(=O)Cc1cnc(CCN2CCCC2)s1. The van der Waals surface area contributed by atoms with Crippen LogP contribution in [0.25, 0.3) is 0 Å². The molecule has 0 amide bonds. The fourth-order valence-electron chi connectivity index (χ4n) is 2.05. The van der Waals surface area contributed by atoms with Crippen LogP contribution in [0.3, 0.4) is 0 Å². The molecule has 1 aromatic rings. The van der Waals surface area contributed by atoms with E-state index >= 15 is 0 Å². The molecule has 1 aromatic heterocycles. The van der Waals surface area contributed by atoms with E-state index in [1.165, 1.54) is 30.9 Å². The molecule has 2 heterocycles. The third kappa shape index (κ3) is 3.39. The second-order valence-electron chi connectivity index (χ2n) is 4.40. The highest BCUT2D eigenvalue weighted by atomic mass is 32.1. The minimum atomic E-state index is 0.217. The van der Waals surface area contributed by atoms with E-state index in [1.807, 2.05) is 6.20 Å². The maximum absolute atomic E-state index is 11.0. The minimum Gasteiger partial charge on any atom is -0.303 e. The molecule has 0 saturated carbocycles. The number of hydrogen-bond acceptors (Lipinski definition) is 4. The van der Waals surface area contributed by atoms with Crippen LogP contribution in [0.2, 0.25) is 0 Å². The number of hydrogen-bond donors (Lipinski definition) is 0. The van der Waals surface area contributed by atoms with Crippen LogP contribution in [0, 0.1) is 0 Å². The molecule has 0 aliphatic carbocycles. The van der Waals surface area contributed by atoms with Crippen LogP contribution in [0.15, 0.2) is 6.20 Å². The molecule has 2 rings (SSSR count). The van der Waals surface area contributed by atoms with E-state index in [0.717, 1.165) is 17.8 Å². The highest BCUT2D eigenvalue weighted by Gasteiger charge is 2.12. The molecule has 88 valence electrons. The van der Waals surface area contributed by atoms with Crippen molar-refractivity contribution in [1.29, 1.82) is 0 Å². The van der Waals surface area contributed by atoms with Gasteiger partial charge in [-0.2, -0.15) is 0 Å². The van der Waals surface area contributed by atoms with Gasteiger partial charge in [0.25, 0.3) is 0 Å². The van der Waals surface area contributed by atoms with Gasteiger partial charge in [-0.25, -0.2) is 4.98 Å². The molecule has 0 N–H and O–H groups in total. The highest BCUT2D eigenvalue weighted by Crippen LogP contribution is 2.16. The molecule has 16 heavy (non-hydrogen) atoms. The summed E-state index contributed by atoms with van der Waals surface area (Å²) < 4.78 is 0. The van der Waals surface area contributed by atoms with Gasteiger partial charge in [-0.1, -0.05) is 0 Å². The molecule has 0 atom stereocenters. The number of ketones is 1.